The fourth-order valence-electron chi connectivity index (χ4n) is 3.46. The summed E-state index contributed by atoms with van der Waals surface area (Å²) in [4.78, 5) is 41.2. The van der Waals surface area contributed by atoms with Gasteiger partial charge in [-0.3, -0.25) is 19.0 Å². The Kier molecular flexibility index (Phi) is 6.17. The standard InChI is InChI=1S/C25H22N4O4/c1-16-27-20-7-3-2-6-19(20)25(32)29(16)18-12-10-17(11-13-18)24(31)28-21-8-4-5-9-22(21)33-15-14-23(26)30/h2-13H,14-15H2,1H3,(H2,26,30)(H,28,31). The molecule has 0 saturated carbocycles. The van der Waals surface area contributed by atoms with Gasteiger partial charge in [-0.25, -0.2) is 4.98 Å². The van der Waals surface area contributed by atoms with E-state index in [-0.39, 0.29) is 24.5 Å². The number of nitrogens with zero attached hydrogens (tertiary/aromatic N) is 2. The van der Waals surface area contributed by atoms with Gasteiger partial charge >= 0.3 is 0 Å². The molecule has 3 aromatic carbocycles. The maximum atomic E-state index is 13.0. The van der Waals surface area contributed by atoms with Crippen molar-refractivity contribution in [2.75, 3.05) is 11.9 Å². The third-order valence-corrected chi connectivity index (χ3v) is 5.07. The zero-order valence-electron chi connectivity index (χ0n) is 17.9. The predicted molar refractivity (Wildman–Crippen MR) is 126 cm³/mol. The summed E-state index contributed by atoms with van der Waals surface area (Å²) in [7, 11) is 0. The molecule has 1 aromatic heterocycles. The maximum Gasteiger partial charge on any atom is 0.265 e. The van der Waals surface area contributed by atoms with Gasteiger partial charge in [0.2, 0.25) is 5.91 Å². The van der Waals surface area contributed by atoms with E-state index in [1.54, 1.807) is 73.7 Å². The highest BCUT2D eigenvalue weighted by molar-refractivity contribution is 6.05. The molecule has 0 spiro atoms. The number of aryl methyl sites for hydroxylation is 1. The fraction of sp³-hybridized carbons (Fsp3) is 0.120. The molecule has 0 unspecified atom stereocenters. The van der Waals surface area contributed by atoms with Gasteiger partial charge in [0.05, 0.1) is 35.3 Å². The molecular formula is C25H22N4O4. The molecule has 2 amide bonds. The lowest BCUT2D eigenvalue weighted by Crippen LogP contribution is -2.22. The van der Waals surface area contributed by atoms with Gasteiger partial charge in [0.25, 0.3) is 11.5 Å². The number of nitrogens with two attached hydrogens (primary N) is 1. The molecule has 1 heterocycles. The van der Waals surface area contributed by atoms with Crippen LogP contribution in [0.15, 0.2) is 77.6 Å². The molecule has 0 fully saturated rings. The van der Waals surface area contributed by atoms with Crippen molar-refractivity contribution >= 4 is 28.4 Å². The van der Waals surface area contributed by atoms with Gasteiger partial charge in [0.15, 0.2) is 0 Å². The Bertz CT molecular complexity index is 1390. The Hall–Kier alpha value is -4.46. The fourth-order valence-corrected chi connectivity index (χ4v) is 3.46. The number of hydrogen-bond acceptors (Lipinski definition) is 5. The smallest absolute Gasteiger partial charge is 0.265 e. The molecule has 33 heavy (non-hydrogen) atoms. The number of para-hydroxylation sites is 3. The van der Waals surface area contributed by atoms with E-state index in [0.717, 1.165) is 0 Å². The van der Waals surface area contributed by atoms with Crippen molar-refractivity contribution in [2.24, 2.45) is 5.73 Å². The first-order valence-corrected chi connectivity index (χ1v) is 10.3. The Morgan fingerprint density at radius 1 is 1.00 bits per heavy atom. The Morgan fingerprint density at radius 2 is 1.70 bits per heavy atom. The summed E-state index contributed by atoms with van der Waals surface area (Å²) in [5.41, 5.74) is 7.11. The average Bonchev–Trinajstić information content (AvgIpc) is 2.80. The first-order valence-electron chi connectivity index (χ1n) is 10.3. The van der Waals surface area contributed by atoms with Crippen LogP contribution in [0.3, 0.4) is 0 Å². The van der Waals surface area contributed by atoms with E-state index in [1.807, 2.05) is 6.07 Å². The number of carbonyl (C=O) groups is 2. The minimum atomic E-state index is -0.465. The number of nitrogens with one attached hydrogen (secondary N) is 1. The van der Waals surface area contributed by atoms with Crippen LogP contribution in [-0.2, 0) is 4.79 Å². The number of aromatic nitrogens is 2. The first kappa shape index (κ1) is 21.8. The van der Waals surface area contributed by atoms with Crippen LogP contribution in [0.5, 0.6) is 5.75 Å². The first-order chi connectivity index (χ1) is 15.9. The molecule has 0 atom stereocenters. The van der Waals surface area contributed by atoms with Crippen LogP contribution in [0.25, 0.3) is 16.6 Å². The van der Waals surface area contributed by atoms with Gasteiger partial charge in [-0.05, 0) is 55.5 Å². The monoisotopic (exact) mass is 442 g/mol. The molecule has 166 valence electrons. The number of amides is 2. The summed E-state index contributed by atoms with van der Waals surface area (Å²) in [5, 5.41) is 3.34. The number of hydrogen-bond donors (Lipinski definition) is 2. The van der Waals surface area contributed by atoms with Crippen LogP contribution < -0.4 is 21.3 Å². The second-order valence-corrected chi connectivity index (χ2v) is 7.38. The molecule has 8 nitrogen and oxygen atoms in total. The lowest BCUT2D eigenvalue weighted by molar-refractivity contribution is -0.118. The van der Waals surface area contributed by atoms with Gasteiger partial charge in [-0.2, -0.15) is 0 Å². The number of carbonyl (C=O) groups excluding carboxylic acids is 2. The molecule has 0 radical (unpaired) electrons. The maximum absolute atomic E-state index is 13.0. The number of anilines is 1. The van der Waals surface area contributed by atoms with E-state index in [1.165, 1.54) is 4.57 Å². The van der Waals surface area contributed by atoms with Crippen molar-refractivity contribution < 1.29 is 14.3 Å². The third kappa shape index (κ3) is 4.74. The van der Waals surface area contributed by atoms with E-state index in [4.69, 9.17) is 10.5 Å². The zero-order valence-corrected chi connectivity index (χ0v) is 17.9. The van der Waals surface area contributed by atoms with Crippen molar-refractivity contribution in [3.63, 3.8) is 0 Å². The zero-order chi connectivity index (χ0) is 23.4. The highest BCUT2D eigenvalue weighted by atomic mass is 16.5. The summed E-state index contributed by atoms with van der Waals surface area (Å²) in [5.74, 6) is 0.187. The molecule has 0 aliphatic carbocycles. The lowest BCUT2D eigenvalue weighted by atomic mass is 10.1. The Morgan fingerprint density at radius 3 is 2.45 bits per heavy atom. The van der Waals surface area contributed by atoms with Crippen LogP contribution in [0, 0.1) is 6.92 Å². The quantitative estimate of drug-likeness (QED) is 0.456. The molecule has 0 bridgehead atoms. The topological polar surface area (TPSA) is 116 Å². The predicted octanol–water partition coefficient (Wildman–Crippen LogP) is 3.20. The number of fused-ring (bicyclic) bond motifs is 1. The van der Waals surface area contributed by atoms with Gasteiger partial charge in [-0.1, -0.05) is 24.3 Å². The third-order valence-electron chi connectivity index (χ3n) is 5.07. The second kappa shape index (κ2) is 9.35. The van der Waals surface area contributed by atoms with Crippen LogP contribution in [-0.4, -0.2) is 28.0 Å². The van der Waals surface area contributed by atoms with Crippen molar-refractivity contribution in [3.8, 4) is 11.4 Å². The Balaban J connectivity index is 1.55. The van der Waals surface area contributed by atoms with Gasteiger partial charge in [0, 0.05) is 5.56 Å². The molecule has 0 aliphatic rings. The van der Waals surface area contributed by atoms with Crippen LogP contribution in [0.1, 0.15) is 22.6 Å². The van der Waals surface area contributed by atoms with Crippen LogP contribution in [0.4, 0.5) is 5.69 Å². The largest absolute Gasteiger partial charge is 0.491 e. The van der Waals surface area contributed by atoms with E-state index in [0.29, 0.717) is 39.4 Å². The van der Waals surface area contributed by atoms with Crippen molar-refractivity contribution in [1.82, 2.24) is 9.55 Å². The number of rotatable bonds is 7. The summed E-state index contributed by atoms with van der Waals surface area (Å²) in [6.45, 7) is 1.88. The molecule has 3 N–H and O–H groups in total. The van der Waals surface area contributed by atoms with E-state index < -0.39 is 5.91 Å². The number of ether oxygens (including phenoxy) is 1. The molecule has 0 aliphatic heterocycles. The minimum Gasteiger partial charge on any atom is -0.491 e. The lowest BCUT2D eigenvalue weighted by Gasteiger charge is -2.13. The molecule has 4 aromatic rings. The van der Waals surface area contributed by atoms with E-state index >= 15 is 0 Å². The molecule has 8 heteroatoms. The minimum absolute atomic E-state index is 0.0756. The average molecular weight is 442 g/mol. The van der Waals surface area contributed by atoms with Crippen molar-refractivity contribution in [2.45, 2.75) is 13.3 Å². The normalized spacial score (nSPS) is 10.7. The van der Waals surface area contributed by atoms with Gasteiger partial charge < -0.3 is 15.8 Å². The van der Waals surface area contributed by atoms with Gasteiger partial charge in [-0.15, -0.1) is 0 Å². The number of benzene rings is 3. The van der Waals surface area contributed by atoms with E-state index in [2.05, 4.69) is 10.3 Å². The summed E-state index contributed by atoms with van der Waals surface area (Å²) in [6, 6.07) is 20.8. The highest BCUT2D eigenvalue weighted by Crippen LogP contribution is 2.24. The summed E-state index contributed by atoms with van der Waals surface area (Å²) >= 11 is 0. The SMILES string of the molecule is Cc1nc2ccccc2c(=O)n1-c1ccc(C(=O)Nc2ccccc2OCCC(N)=O)cc1. The molecule has 4 rings (SSSR count). The van der Waals surface area contributed by atoms with Gasteiger partial charge in [0.1, 0.15) is 11.6 Å². The highest BCUT2D eigenvalue weighted by Gasteiger charge is 2.13. The van der Waals surface area contributed by atoms with Crippen molar-refractivity contribution in [1.29, 1.82) is 0 Å². The van der Waals surface area contributed by atoms with Crippen molar-refractivity contribution in [3.05, 3.63) is 94.5 Å². The van der Waals surface area contributed by atoms with Crippen LogP contribution in [0.2, 0.25) is 0 Å². The molecular weight excluding hydrogens is 420 g/mol. The Labute approximate surface area is 189 Å². The summed E-state index contributed by atoms with van der Waals surface area (Å²) < 4.78 is 7.08. The molecule has 0 saturated heterocycles. The van der Waals surface area contributed by atoms with Crippen LogP contribution >= 0.6 is 0 Å². The number of primary amides is 1. The second-order valence-electron chi connectivity index (χ2n) is 7.38. The summed E-state index contributed by atoms with van der Waals surface area (Å²) in [6.07, 6.45) is 0.0756. The van der Waals surface area contributed by atoms with E-state index in [9.17, 15) is 14.4 Å².